The van der Waals surface area contributed by atoms with Crippen LogP contribution in [-0.4, -0.2) is 52.3 Å². The first-order valence-electron chi connectivity index (χ1n) is 11.1. The number of rotatable bonds is 5. The minimum absolute atomic E-state index is 0.152. The number of amides is 1. The molecular formula is C25H22F3N5O2. The number of pyridine rings is 1. The first kappa shape index (κ1) is 23.0. The lowest BCUT2D eigenvalue weighted by molar-refractivity contribution is -0.137. The zero-order valence-electron chi connectivity index (χ0n) is 18.6. The number of benzene rings is 2. The molecule has 0 bridgehead atoms. The van der Waals surface area contributed by atoms with Gasteiger partial charge in [0.2, 0.25) is 0 Å². The lowest BCUT2D eigenvalue weighted by atomic mass is 10.0. The van der Waals surface area contributed by atoms with Gasteiger partial charge in [-0.1, -0.05) is 6.07 Å². The summed E-state index contributed by atoms with van der Waals surface area (Å²) in [6.07, 6.45) is -0.823. The number of morpholine rings is 1. The maximum atomic E-state index is 12.9. The highest BCUT2D eigenvalue weighted by Crippen LogP contribution is 2.30. The molecule has 4 aromatic rings. The normalized spacial score (nSPS) is 14.8. The maximum absolute atomic E-state index is 12.9. The molecule has 35 heavy (non-hydrogen) atoms. The molecule has 2 aromatic heterocycles. The quantitative estimate of drug-likeness (QED) is 0.431. The lowest BCUT2D eigenvalue weighted by Gasteiger charge is -2.26. The molecule has 0 aliphatic carbocycles. The monoisotopic (exact) mass is 481 g/mol. The largest absolute Gasteiger partial charge is 0.416 e. The van der Waals surface area contributed by atoms with Crippen LogP contribution in [-0.2, 0) is 17.5 Å². The predicted octanol–water partition coefficient (Wildman–Crippen LogP) is 4.73. The van der Waals surface area contributed by atoms with Gasteiger partial charge in [-0.05, 0) is 53.6 Å². The number of nitrogens with one attached hydrogen (secondary N) is 2. The standard InChI is InChI=1S/C25H22F3N5O2/c26-25(27,28)19-2-4-20(5-3-19)30-24(34)23-21-12-17(1-6-22(21)31-32-23)18-11-16(13-29-14-18)15-33-7-9-35-10-8-33/h1-6,11-14H,7-10,15H2,(H,30,34)(H,31,32). The summed E-state index contributed by atoms with van der Waals surface area (Å²) in [5, 5.41) is 10.2. The summed E-state index contributed by atoms with van der Waals surface area (Å²) in [5.41, 5.74) is 3.15. The van der Waals surface area contributed by atoms with Crippen molar-refractivity contribution in [2.75, 3.05) is 31.6 Å². The van der Waals surface area contributed by atoms with Crippen LogP contribution in [0.1, 0.15) is 21.6 Å². The van der Waals surface area contributed by atoms with E-state index in [1.165, 1.54) is 12.1 Å². The Kier molecular flexibility index (Phi) is 6.23. The van der Waals surface area contributed by atoms with Gasteiger partial charge in [0.15, 0.2) is 5.69 Å². The smallest absolute Gasteiger partial charge is 0.379 e. The third kappa shape index (κ3) is 5.18. The van der Waals surface area contributed by atoms with E-state index in [0.717, 1.165) is 61.7 Å². The molecule has 0 atom stereocenters. The average Bonchev–Trinajstić information content (AvgIpc) is 3.28. The Morgan fingerprint density at radius 2 is 1.80 bits per heavy atom. The number of aromatic amines is 1. The van der Waals surface area contributed by atoms with Gasteiger partial charge in [-0.2, -0.15) is 18.3 Å². The summed E-state index contributed by atoms with van der Waals surface area (Å²) in [6.45, 7) is 3.98. The van der Waals surface area contributed by atoms with Crippen molar-refractivity contribution in [2.24, 2.45) is 0 Å². The Balaban J connectivity index is 1.37. The van der Waals surface area contributed by atoms with Gasteiger partial charge >= 0.3 is 6.18 Å². The molecule has 1 aliphatic rings. The number of H-pyrrole nitrogens is 1. The number of ether oxygens (including phenoxy) is 1. The van der Waals surface area contributed by atoms with Crippen LogP contribution < -0.4 is 5.32 Å². The predicted molar refractivity (Wildman–Crippen MR) is 125 cm³/mol. The Morgan fingerprint density at radius 1 is 1.03 bits per heavy atom. The number of nitrogens with zero attached hydrogens (tertiary/aromatic N) is 3. The van der Waals surface area contributed by atoms with Crippen molar-refractivity contribution < 1.29 is 22.7 Å². The van der Waals surface area contributed by atoms with Crippen molar-refractivity contribution in [2.45, 2.75) is 12.7 Å². The van der Waals surface area contributed by atoms with Gasteiger partial charge in [0.25, 0.3) is 5.91 Å². The van der Waals surface area contributed by atoms with Crippen molar-refractivity contribution in [3.8, 4) is 11.1 Å². The first-order chi connectivity index (χ1) is 16.9. The van der Waals surface area contributed by atoms with E-state index in [4.69, 9.17) is 4.74 Å². The minimum Gasteiger partial charge on any atom is -0.379 e. The molecule has 5 rings (SSSR count). The Morgan fingerprint density at radius 3 is 2.54 bits per heavy atom. The van der Waals surface area contributed by atoms with E-state index >= 15 is 0 Å². The second-order valence-electron chi connectivity index (χ2n) is 8.33. The topological polar surface area (TPSA) is 83.1 Å². The van der Waals surface area contributed by atoms with E-state index in [9.17, 15) is 18.0 Å². The number of fused-ring (bicyclic) bond motifs is 1. The van der Waals surface area contributed by atoms with Crippen LogP contribution in [0.4, 0.5) is 18.9 Å². The van der Waals surface area contributed by atoms with E-state index in [2.05, 4.69) is 31.5 Å². The molecule has 2 N–H and O–H groups in total. The molecule has 0 unspecified atom stereocenters. The molecular weight excluding hydrogens is 459 g/mol. The van der Waals surface area contributed by atoms with Gasteiger partial charge in [0, 0.05) is 48.7 Å². The molecule has 1 aliphatic heterocycles. The van der Waals surface area contributed by atoms with Gasteiger partial charge in [0.05, 0.1) is 24.3 Å². The SMILES string of the molecule is O=C(Nc1ccc(C(F)(F)F)cc1)c1n[nH]c2ccc(-c3cncc(CN4CCOCC4)c3)cc12. The van der Waals surface area contributed by atoms with Crippen LogP contribution in [0.5, 0.6) is 0 Å². The molecule has 1 fully saturated rings. The van der Waals surface area contributed by atoms with Gasteiger partial charge in [-0.15, -0.1) is 0 Å². The van der Waals surface area contributed by atoms with Crippen molar-refractivity contribution in [1.82, 2.24) is 20.1 Å². The molecule has 0 saturated carbocycles. The van der Waals surface area contributed by atoms with Gasteiger partial charge in [0.1, 0.15) is 0 Å². The number of anilines is 1. The minimum atomic E-state index is -4.44. The Hall–Kier alpha value is -3.76. The highest BCUT2D eigenvalue weighted by atomic mass is 19.4. The summed E-state index contributed by atoms with van der Waals surface area (Å²) in [6, 6.07) is 12.0. The van der Waals surface area contributed by atoms with E-state index in [1.54, 1.807) is 6.20 Å². The summed E-state index contributed by atoms with van der Waals surface area (Å²) < 4.78 is 43.8. The van der Waals surface area contributed by atoms with Crippen LogP contribution in [0.3, 0.4) is 0 Å². The molecule has 0 spiro atoms. The maximum Gasteiger partial charge on any atom is 0.416 e. The van der Waals surface area contributed by atoms with Gasteiger partial charge < -0.3 is 10.1 Å². The number of alkyl halides is 3. The fourth-order valence-electron chi connectivity index (χ4n) is 4.05. The van der Waals surface area contributed by atoms with Crippen LogP contribution in [0.25, 0.3) is 22.0 Å². The zero-order chi connectivity index (χ0) is 24.4. The fraction of sp³-hybridized carbons (Fsp3) is 0.240. The molecule has 10 heteroatoms. The highest BCUT2D eigenvalue weighted by molar-refractivity contribution is 6.11. The molecule has 3 heterocycles. The Bertz CT molecular complexity index is 1350. The molecule has 180 valence electrons. The van der Waals surface area contributed by atoms with E-state index in [-0.39, 0.29) is 11.4 Å². The average molecular weight is 481 g/mol. The van der Waals surface area contributed by atoms with Crippen molar-refractivity contribution in [3.05, 3.63) is 77.7 Å². The number of halogens is 3. The van der Waals surface area contributed by atoms with E-state index in [0.29, 0.717) is 10.9 Å². The van der Waals surface area contributed by atoms with Crippen molar-refractivity contribution in [1.29, 1.82) is 0 Å². The van der Waals surface area contributed by atoms with Crippen LogP contribution >= 0.6 is 0 Å². The molecule has 2 aromatic carbocycles. The number of carbonyl (C=O) groups excluding carboxylic acids is 1. The molecule has 1 saturated heterocycles. The lowest BCUT2D eigenvalue weighted by Crippen LogP contribution is -2.35. The molecule has 7 nitrogen and oxygen atoms in total. The van der Waals surface area contributed by atoms with Crippen LogP contribution in [0.2, 0.25) is 0 Å². The van der Waals surface area contributed by atoms with Crippen molar-refractivity contribution >= 4 is 22.5 Å². The van der Waals surface area contributed by atoms with E-state index in [1.807, 2.05) is 24.4 Å². The number of hydrogen-bond acceptors (Lipinski definition) is 5. The van der Waals surface area contributed by atoms with Gasteiger partial charge in [-0.25, -0.2) is 0 Å². The third-order valence-corrected chi connectivity index (χ3v) is 5.89. The molecule has 1 amide bonds. The second-order valence-corrected chi connectivity index (χ2v) is 8.33. The number of aromatic nitrogens is 3. The number of hydrogen-bond donors (Lipinski definition) is 2. The van der Waals surface area contributed by atoms with Crippen LogP contribution in [0.15, 0.2) is 60.9 Å². The van der Waals surface area contributed by atoms with Gasteiger partial charge in [-0.3, -0.25) is 19.8 Å². The zero-order valence-corrected chi connectivity index (χ0v) is 18.6. The Labute approximate surface area is 198 Å². The second kappa shape index (κ2) is 9.47. The summed E-state index contributed by atoms with van der Waals surface area (Å²) >= 11 is 0. The van der Waals surface area contributed by atoms with Crippen LogP contribution in [0, 0.1) is 0 Å². The molecule has 0 radical (unpaired) electrons. The third-order valence-electron chi connectivity index (χ3n) is 5.89. The highest BCUT2D eigenvalue weighted by Gasteiger charge is 2.30. The first-order valence-corrected chi connectivity index (χ1v) is 11.1. The van der Waals surface area contributed by atoms with Crippen molar-refractivity contribution in [3.63, 3.8) is 0 Å². The fourth-order valence-corrected chi connectivity index (χ4v) is 4.05. The summed E-state index contributed by atoms with van der Waals surface area (Å²) in [7, 11) is 0. The van der Waals surface area contributed by atoms with E-state index < -0.39 is 17.6 Å². The number of carbonyl (C=O) groups is 1. The summed E-state index contributed by atoms with van der Waals surface area (Å²) in [5.74, 6) is -0.521. The summed E-state index contributed by atoms with van der Waals surface area (Å²) in [4.78, 5) is 19.6.